The van der Waals surface area contributed by atoms with Crippen LogP contribution in [0.5, 0.6) is 0 Å². The Labute approximate surface area is 123 Å². The van der Waals surface area contributed by atoms with Crippen LogP contribution in [0.1, 0.15) is 37.7 Å². The highest BCUT2D eigenvalue weighted by Gasteiger charge is 2.49. The maximum absolute atomic E-state index is 12.4. The van der Waals surface area contributed by atoms with Gasteiger partial charge in [-0.15, -0.1) is 0 Å². The smallest absolute Gasteiger partial charge is 0.413 e. The van der Waals surface area contributed by atoms with E-state index in [0.29, 0.717) is 25.8 Å². The quantitative estimate of drug-likeness (QED) is 0.786. The molecule has 5 nitrogen and oxygen atoms in total. The molecule has 0 saturated carbocycles. The van der Waals surface area contributed by atoms with Gasteiger partial charge in [0.15, 0.2) is 5.72 Å². The molecule has 0 radical (unpaired) electrons. The van der Waals surface area contributed by atoms with E-state index in [-0.39, 0.29) is 12.6 Å². The second kappa shape index (κ2) is 5.76. The maximum Gasteiger partial charge on any atom is 0.413 e. The van der Waals surface area contributed by atoms with E-state index in [4.69, 9.17) is 9.47 Å². The molecule has 2 aliphatic rings. The first-order valence-corrected chi connectivity index (χ1v) is 7.40. The van der Waals surface area contributed by atoms with Crippen LogP contribution in [0.15, 0.2) is 30.3 Å². The zero-order chi connectivity index (χ0) is 14.7. The Morgan fingerprint density at radius 3 is 2.76 bits per heavy atom. The van der Waals surface area contributed by atoms with Crippen molar-refractivity contribution < 1.29 is 19.1 Å². The molecule has 21 heavy (non-hydrogen) atoms. The van der Waals surface area contributed by atoms with Gasteiger partial charge in [-0.25, -0.2) is 4.79 Å². The molecular weight excluding hydrogens is 270 g/mol. The number of ether oxygens (including phenoxy) is 2. The Morgan fingerprint density at radius 1 is 1.24 bits per heavy atom. The van der Waals surface area contributed by atoms with E-state index >= 15 is 0 Å². The Bertz CT molecular complexity index is 530. The molecule has 1 amide bonds. The van der Waals surface area contributed by atoms with Crippen molar-refractivity contribution in [2.45, 2.75) is 44.4 Å². The lowest BCUT2D eigenvalue weighted by atomic mass is 9.96. The molecule has 2 aliphatic heterocycles. The predicted octanol–water partition coefficient (Wildman–Crippen LogP) is 2.84. The van der Waals surface area contributed by atoms with Crippen molar-refractivity contribution >= 4 is 12.1 Å². The van der Waals surface area contributed by atoms with Crippen molar-refractivity contribution in [1.29, 1.82) is 0 Å². The first-order chi connectivity index (χ1) is 10.2. The molecule has 112 valence electrons. The fraction of sp³-hybridized carbons (Fsp3) is 0.500. The fourth-order valence-electron chi connectivity index (χ4n) is 3.04. The summed E-state index contributed by atoms with van der Waals surface area (Å²) in [7, 11) is 0. The van der Waals surface area contributed by atoms with Crippen LogP contribution in [0.2, 0.25) is 0 Å². The van der Waals surface area contributed by atoms with Crippen LogP contribution < -0.4 is 0 Å². The van der Waals surface area contributed by atoms with E-state index in [1.54, 1.807) is 4.90 Å². The molecule has 2 heterocycles. The molecule has 1 spiro atoms. The zero-order valence-corrected chi connectivity index (χ0v) is 11.9. The van der Waals surface area contributed by atoms with Crippen LogP contribution in [0.3, 0.4) is 0 Å². The van der Waals surface area contributed by atoms with Gasteiger partial charge in [0.25, 0.3) is 0 Å². The predicted molar refractivity (Wildman–Crippen MR) is 75.2 cm³/mol. The third-order valence-electron chi connectivity index (χ3n) is 4.14. The number of benzene rings is 1. The van der Waals surface area contributed by atoms with Gasteiger partial charge in [0.05, 0.1) is 6.42 Å². The Morgan fingerprint density at radius 2 is 2.05 bits per heavy atom. The van der Waals surface area contributed by atoms with Gasteiger partial charge in [-0.2, -0.15) is 0 Å². The van der Waals surface area contributed by atoms with Gasteiger partial charge in [-0.1, -0.05) is 30.3 Å². The van der Waals surface area contributed by atoms with E-state index in [2.05, 4.69) is 0 Å². The van der Waals surface area contributed by atoms with Gasteiger partial charge in [0.1, 0.15) is 6.61 Å². The van der Waals surface area contributed by atoms with Crippen LogP contribution in [-0.2, 0) is 20.9 Å². The molecule has 0 aliphatic carbocycles. The SMILES string of the molecule is O=C1CCC2(CCCCN2C(=O)OCc2ccccc2)O1. The standard InChI is InChI=1S/C16H19NO4/c18-14-8-10-16(21-14)9-4-5-11-17(16)15(19)20-12-13-6-2-1-3-7-13/h1-3,6-7H,4-5,8-12H2. The number of carbonyl (C=O) groups excluding carboxylic acids is 2. The van der Waals surface area contributed by atoms with E-state index in [1.807, 2.05) is 30.3 Å². The van der Waals surface area contributed by atoms with Gasteiger partial charge in [-0.05, 0) is 18.4 Å². The molecule has 1 aromatic carbocycles. The number of rotatable bonds is 2. The number of nitrogens with zero attached hydrogens (tertiary/aromatic N) is 1. The average Bonchev–Trinajstić information content (AvgIpc) is 2.87. The molecule has 2 saturated heterocycles. The van der Waals surface area contributed by atoms with Crippen LogP contribution >= 0.6 is 0 Å². The van der Waals surface area contributed by atoms with Gasteiger partial charge in [0, 0.05) is 19.4 Å². The zero-order valence-electron chi connectivity index (χ0n) is 11.9. The second-order valence-corrected chi connectivity index (χ2v) is 5.57. The van der Waals surface area contributed by atoms with Crippen LogP contribution in [0.25, 0.3) is 0 Å². The normalized spacial score (nSPS) is 25.0. The first-order valence-electron chi connectivity index (χ1n) is 7.40. The summed E-state index contributed by atoms with van der Waals surface area (Å²) in [5.41, 5.74) is 0.184. The van der Waals surface area contributed by atoms with Crippen molar-refractivity contribution in [3.63, 3.8) is 0 Å². The molecule has 1 atom stereocenters. The number of hydrogen-bond donors (Lipinski definition) is 0. The molecule has 5 heteroatoms. The summed E-state index contributed by atoms with van der Waals surface area (Å²) in [6.45, 7) is 0.821. The highest BCUT2D eigenvalue weighted by atomic mass is 16.6. The van der Waals surface area contributed by atoms with E-state index in [1.165, 1.54) is 0 Å². The third-order valence-corrected chi connectivity index (χ3v) is 4.14. The number of amides is 1. The maximum atomic E-state index is 12.4. The summed E-state index contributed by atoms with van der Waals surface area (Å²) in [6.07, 6.45) is 3.15. The summed E-state index contributed by atoms with van der Waals surface area (Å²) >= 11 is 0. The first kappa shape index (κ1) is 13.9. The molecule has 1 aromatic rings. The van der Waals surface area contributed by atoms with E-state index in [0.717, 1.165) is 18.4 Å². The summed E-state index contributed by atoms with van der Waals surface area (Å²) in [5, 5.41) is 0. The van der Waals surface area contributed by atoms with Crippen LogP contribution in [0.4, 0.5) is 4.79 Å². The fourth-order valence-corrected chi connectivity index (χ4v) is 3.04. The second-order valence-electron chi connectivity index (χ2n) is 5.57. The van der Waals surface area contributed by atoms with Crippen LogP contribution in [-0.4, -0.2) is 29.2 Å². The lowest BCUT2D eigenvalue weighted by Gasteiger charge is -2.42. The van der Waals surface area contributed by atoms with Gasteiger partial charge in [0.2, 0.25) is 0 Å². The van der Waals surface area contributed by atoms with Crippen molar-refractivity contribution in [2.24, 2.45) is 0 Å². The van der Waals surface area contributed by atoms with E-state index in [9.17, 15) is 9.59 Å². The largest absolute Gasteiger partial charge is 0.444 e. The number of hydrogen-bond acceptors (Lipinski definition) is 4. The number of esters is 1. The van der Waals surface area contributed by atoms with Crippen molar-refractivity contribution in [2.75, 3.05) is 6.54 Å². The molecule has 1 unspecified atom stereocenters. The molecule has 3 rings (SSSR count). The van der Waals surface area contributed by atoms with Gasteiger partial charge in [-0.3, -0.25) is 9.69 Å². The van der Waals surface area contributed by atoms with Crippen molar-refractivity contribution in [3.8, 4) is 0 Å². The third kappa shape index (κ3) is 2.86. The summed E-state index contributed by atoms with van der Waals surface area (Å²) in [5.74, 6) is -0.224. The minimum absolute atomic E-state index is 0.224. The van der Waals surface area contributed by atoms with Gasteiger partial charge >= 0.3 is 12.1 Å². The average molecular weight is 289 g/mol. The molecule has 0 aromatic heterocycles. The lowest BCUT2D eigenvalue weighted by molar-refractivity contribution is -0.169. The lowest BCUT2D eigenvalue weighted by Crippen LogP contribution is -2.54. The molecule has 0 bridgehead atoms. The van der Waals surface area contributed by atoms with Crippen LogP contribution in [0, 0.1) is 0 Å². The Balaban J connectivity index is 1.66. The monoisotopic (exact) mass is 289 g/mol. The Hall–Kier alpha value is -2.04. The number of likely N-dealkylation sites (tertiary alicyclic amines) is 1. The molecule has 0 N–H and O–H groups in total. The summed E-state index contributed by atoms with van der Waals surface area (Å²) in [6, 6.07) is 9.56. The minimum atomic E-state index is -0.761. The Kier molecular flexibility index (Phi) is 3.82. The number of carbonyl (C=O) groups is 2. The summed E-state index contributed by atoms with van der Waals surface area (Å²) in [4.78, 5) is 25.4. The highest BCUT2D eigenvalue weighted by Crippen LogP contribution is 2.38. The molecular formula is C16H19NO4. The highest BCUT2D eigenvalue weighted by molar-refractivity contribution is 5.75. The van der Waals surface area contributed by atoms with Gasteiger partial charge < -0.3 is 9.47 Å². The molecule has 2 fully saturated rings. The minimum Gasteiger partial charge on any atom is -0.444 e. The van der Waals surface area contributed by atoms with Crippen molar-refractivity contribution in [1.82, 2.24) is 4.90 Å². The topological polar surface area (TPSA) is 55.8 Å². The van der Waals surface area contributed by atoms with Crippen molar-refractivity contribution in [3.05, 3.63) is 35.9 Å². The number of piperidine rings is 1. The van der Waals surface area contributed by atoms with E-state index < -0.39 is 11.8 Å². The summed E-state index contributed by atoms with van der Waals surface area (Å²) < 4.78 is 10.8.